The summed E-state index contributed by atoms with van der Waals surface area (Å²) in [5.74, 6) is 0. The number of hydrogen-bond acceptors (Lipinski definition) is 7. The van der Waals surface area contributed by atoms with Crippen molar-refractivity contribution in [1.29, 1.82) is 0 Å². The molecule has 0 radical (unpaired) electrons. The van der Waals surface area contributed by atoms with Crippen molar-refractivity contribution in [3.63, 3.8) is 0 Å². The molecule has 0 aliphatic heterocycles. The fraction of sp³-hybridized carbons (Fsp3) is 0.286. The fourth-order valence-electron chi connectivity index (χ4n) is 1.73. The number of nitrogens with two attached hydrogens (primary N) is 1. The van der Waals surface area contributed by atoms with Gasteiger partial charge in [0.2, 0.25) is 0 Å². The van der Waals surface area contributed by atoms with Crippen LogP contribution in [0.2, 0.25) is 0 Å². The third-order valence-corrected chi connectivity index (χ3v) is 3.39. The molecule has 23 heavy (non-hydrogen) atoms. The zero-order chi connectivity index (χ0) is 17.2. The summed E-state index contributed by atoms with van der Waals surface area (Å²) >= 11 is 1.22. The first kappa shape index (κ1) is 16.7. The summed E-state index contributed by atoms with van der Waals surface area (Å²) in [4.78, 5) is 26.1. The smallest absolute Gasteiger partial charge is 0.413 e. The van der Waals surface area contributed by atoms with Crippen LogP contribution >= 0.6 is 11.3 Å². The standard InChI is InChI=1S/C14H16N4O4S/c1-14(2,3)22-13(19)17-12-16-10(7-23-12)8-4-5-11(18(20)21)9(15)6-8/h4-7H,15H2,1-3H3,(H,16,17,19). The number of nitro benzene ring substituents is 1. The summed E-state index contributed by atoms with van der Waals surface area (Å²) in [6.07, 6.45) is -0.596. The molecule has 1 heterocycles. The third-order valence-electron chi connectivity index (χ3n) is 2.63. The number of nitro groups is 1. The highest BCUT2D eigenvalue weighted by Crippen LogP contribution is 2.30. The van der Waals surface area contributed by atoms with Crippen molar-refractivity contribution >= 4 is 33.9 Å². The Bertz CT molecular complexity index is 751. The van der Waals surface area contributed by atoms with Crippen molar-refractivity contribution in [2.45, 2.75) is 26.4 Å². The number of carbonyl (C=O) groups is 1. The quantitative estimate of drug-likeness (QED) is 0.501. The number of hydrogen-bond donors (Lipinski definition) is 2. The highest BCUT2D eigenvalue weighted by Gasteiger charge is 2.18. The lowest BCUT2D eigenvalue weighted by Gasteiger charge is -2.18. The first-order valence-corrected chi connectivity index (χ1v) is 7.53. The monoisotopic (exact) mass is 336 g/mol. The Balaban J connectivity index is 2.15. The van der Waals surface area contributed by atoms with Gasteiger partial charge in [-0.05, 0) is 32.9 Å². The Labute approximate surface area is 136 Å². The number of benzene rings is 1. The van der Waals surface area contributed by atoms with Gasteiger partial charge in [0.1, 0.15) is 11.3 Å². The van der Waals surface area contributed by atoms with Gasteiger partial charge in [0.15, 0.2) is 5.13 Å². The van der Waals surface area contributed by atoms with Gasteiger partial charge in [0.25, 0.3) is 5.69 Å². The average molecular weight is 336 g/mol. The normalized spacial score (nSPS) is 11.1. The summed E-state index contributed by atoms with van der Waals surface area (Å²) in [6, 6.07) is 4.36. The molecule has 3 N–H and O–H groups in total. The van der Waals surface area contributed by atoms with Crippen molar-refractivity contribution in [3.8, 4) is 11.3 Å². The number of thiazole rings is 1. The van der Waals surface area contributed by atoms with Gasteiger partial charge in [-0.15, -0.1) is 11.3 Å². The summed E-state index contributed by atoms with van der Waals surface area (Å²) in [7, 11) is 0. The zero-order valence-electron chi connectivity index (χ0n) is 12.8. The Morgan fingerprint density at radius 1 is 1.43 bits per heavy atom. The molecule has 0 fully saturated rings. The summed E-state index contributed by atoms with van der Waals surface area (Å²) in [5, 5.41) is 15.4. The molecule has 0 spiro atoms. The highest BCUT2D eigenvalue weighted by molar-refractivity contribution is 7.14. The number of anilines is 2. The maximum absolute atomic E-state index is 11.7. The molecule has 0 bridgehead atoms. The minimum absolute atomic E-state index is 0.0575. The summed E-state index contributed by atoms with van der Waals surface area (Å²) in [6.45, 7) is 5.29. The average Bonchev–Trinajstić information content (AvgIpc) is 2.84. The highest BCUT2D eigenvalue weighted by atomic mass is 32.1. The second-order valence-electron chi connectivity index (χ2n) is 5.70. The Morgan fingerprint density at radius 3 is 2.70 bits per heavy atom. The van der Waals surface area contributed by atoms with Crippen LogP contribution in [0.5, 0.6) is 0 Å². The molecule has 1 aromatic carbocycles. The lowest BCUT2D eigenvalue weighted by molar-refractivity contribution is -0.383. The van der Waals surface area contributed by atoms with Crippen LogP contribution in [0, 0.1) is 10.1 Å². The number of aromatic nitrogens is 1. The number of amides is 1. The maximum atomic E-state index is 11.7. The molecule has 0 unspecified atom stereocenters. The van der Waals surface area contributed by atoms with E-state index in [9.17, 15) is 14.9 Å². The Kier molecular flexibility index (Phi) is 4.50. The van der Waals surface area contributed by atoms with Crippen molar-refractivity contribution in [2.75, 3.05) is 11.1 Å². The van der Waals surface area contributed by atoms with Crippen molar-refractivity contribution in [3.05, 3.63) is 33.7 Å². The molecule has 8 nitrogen and oxygen atoms in total. The van der Waals surface area contributed by atoms with Gasteiger partial charge in [-0.2, -0.15) is 0 Å². The fourth-order valence-corrected chi connectivity index (χ4v) is 2.44. The third kappa shape index (κ3) is 4.39. The van der Waals surface area contributed by atoms with Gasteiger partial charge < -0.3 is 10.5 Å². The number of nitrogens with zero attached hydrogens (tertiary/aromatic N) is 2. The van der Waals surface area contributed by atoms with Gasteiger partial charge in [0, 0.05) is 17.0 Å². The van der Waals surface area contributed by atoms with Gasteiger partial charge in [0.05, 0.1) is 10.6 Å². The molecule has 2 rings (SSSR count). The molecule has 0 atom stereocenters. The Morgan fingerprint density at radius 2 is 2.13 bits per heavy atom. The van der Waals surface area contributed by atoms with E-state index in [2.05, 4.69) is 10.3 Å². The second-order valence-corrected chi connectivity index (χ2v) is 6.55. The van der Waals surface area contributed by atoms with E-state index in [1.54, 1.807) is 32.2 Å². The molecule has 122 valence electrons. The molecule has 0 aliphatic carbocycles. The second kappa shape index (κ2) is 6.21. The van der Waals surface area contributed by atoms with Crippen LogP contribution in [0.25, 0.3) is 11.3 Å². The number of carbonyl (C=O) groups excluding carboxylic acids is 1. The van der Waals surface area contributed by atoms with Gasteiger partial charge in [-0.25, -0.2) is 9.78 Å². The first-order valence-electron chi connectivity index (χ1n) is 6.65. The van der Waals surface area contributed by atoms with E-state index in [0.717, 1.165) is 0 Å². The van der Waals surface area contributed by atoms with Gasteiger partial charge in [-0.1, -0.05) is 0 Å². The zero-order valence-corrected chi connectivity index (χ0v) is 13.6. The molecule has 1 aromatic heterocycles. The van der Waals surface area contributed by atoms with E-state index in [-0.39, 0.29) is 11.4 Å². The molecule has 0 saturated carbocycles. The Hall–Kier alpha value is -2.68. The van der Waals surface area contributed by atoms with Crippen LogP contribution in [0.3, 0.4) is 0 Å². The van der Waals surface area contributed by atoms with Gasteiger partial charge >= 0.3 is 6.09 Å². The van der Waals surface area contributed by atoms with Crippen LogP contribution in [0.1, 0.15) is 20.8 Å². The predicted molar refractivity (Wildman–Crippen MR) is 88.5 cm³/mol. The van der Waals surface area contributed by atoms with E-state index in [1.165, 1.54) is 23.5 Å². The minimum atomic E-state index is -0.600. The van der Waals surface area contributed by atoms with E-state index in [1.807, 2.05) is 0 Å². The molecule has 0 aliphatic rings. The van der Waals surface area contributed by atoms with Crippen LogP contribution in [0.15, 0.2) is 23.6 Å². The lowest BCUT2D eigenvalue weighted by atomic mass is 10.1. The number of nitrogen functional groups attached to an aromatic ring is 1. The molecule has 9 heteroatoms. The summed E-state index contributed by atoms with van der Waals surface area (Å²) < 4.78 is 5.14. The predicted octanol–water partition coefficient (Wildman–Crippen LogP) is 3.65. The van der Waals surface area contributed by atoms with Crippen LogP contribution < -0.4 is 11.1 Å². The number of rotatable bonds is 3. The molecule has 2 aromatic rings. The topological polar surface area (TPSA) is 120 Å². The molecular formula is C14H16N4O4S. The van der Waals surface area contributed by atoms with E-state index < -0.39 is 16.6 Å². The number of ether oxygens (including phenoxy) is 1. The largest absolute Gasteiger partial charge is 0.444 e. The minimum Gasteiger partial charge on any atom is -0.444 e. The SMILES string of the molecule is CC(C)(C)OC(=O)Nc1nc(-c2ccc([N+](=O)[O-])c(N)c2)cs1. The maximum Gasteiger partial charge on any atom is 0.413 e. The van der Waals surface area contributed by atoms with E-state index >= 15 is 0 Å². The first-order chi connectivity index (χ1) is 10.7. The van der Waals surface area contributed by atoms with E-state index in [4.69, 9.17) is 10.5 Å². The van der Waals surface area contributed by atoms with Crippen molar-refractivity contribution < 1.29 is 14.5 Å². The molecule has 0 saturated heterocycles. The van der Waals surface area contributed by atoms with Crippen LogP contribution in [-0.2, 0) is 4.74 Å². The molecular weight excluding hydrogens is 320 g/mol. The lowest BCUT2D eigenvalue weighted by Crippen LogP contribution is -2.27. The van der Waals surface area contributed by atoms with E-state index in [0.29, 0.717) is 16.4 Å². The summed E-state index contributed by atoms with van der Waals surface area (Å²) in [5.41, 5.74) is 6.15. The number of nitrogens with one attached hydrogen (secondary N) is 1. The van der Waals surface area contributed by atoms with Crippen LogP contribution in [-0.4, -0.2) is 21.6 Å². The van der Waals surface area contributed by atoms with Crippen LogP contribution in [0.4, 0.5) is 21.3 Å². The van der Waals surface area contributed by atoms with Crippen molar-refractivity contribution in [2.24, 2.45) is 0 Å². The van der Waals surface area contributed by atoms with Gasteiger partial charge in [-0.3, -0.25) is 15.4 Å². The molecule has 1 amide bonds. The van der Waals surface area contributed by atoms with Crippen molar-refractivity contribution in [1.82, 2.24) is 4.98 Å².